The minimum atomic E-state index is -0.413. The Balaban J connectivity index is 1.93. The normalized spacial score (nSPS) is 29.7. The summed E-state index contributed by atoms with van der Waals surface area (Å²) in [4.78, 5) is 14.7. The summed E-state index contributed by atoms with van der Waals surface area (Å²) in [7, 11) is 6.03. The van der Waals surface area contributed by atoms with E-state index >= 15 is 0 Å². The minimum Gasteiger partial charge on any atom is -0.372 e. The Kier molecular flexibility index (Phi) is 3.86. The number of methoxy groups -OCH3 is 1. The molecule has 24 heavy (non-hydrogen) atoms. The Morgan fingerprint density at radius 3 is 2.92 bits per heavy atom. The highest BCUT2D eigenvalue weighted by Crippen LogP contribution is 2.49. The molecule has 2 unspecified atom stereocenters. The van der Waals surface area contributed by atoms with E-state index < -0.39 is 5.60 Å². The van der Waals surface area contributed by atoms with Crippen molar-refractivity contribution in [2.75, 3.05) is 26.0 Å². The maximum absolute atomic E-state index is 12.4. The molecule has 5 heteroatoms. The molecular weight excluding hydrogens is 368 g/mol. The zero-order valence-corrected chi connectivity index (χ0v) is 16.0. The second kappa shape index (κ2) is 5.68. The summed E-state index contributed by atoms with van der Waals surface area (Å²) >= 11 is 3.34. The van der Waals surface area contributed by atoms with Gasteiger partial charge in [0, 0.05) is 49.8 Å². The van der Waals surface area contributed by atoms with Gasteiger partial charge in [0.05, 0.1) is 5.33 Å². The highest BCUT2D eigenvalue weighted by atomic mass is 79.9. The molecular formula is C19H23BrN2O2. The van der Waals surface area contributed by atoms with Gasteiger partial charge in [-0.3, -0.25) is 9.69 Å². The zero-order chi connectivity index (χ0) is 17.1. The summed E-state index contributed by atoms with van der Waals surface area (Å²) in [6, 6.07) is 6.73. The number of rotatable bonds is 3. The van der Waals surface area contributed by atoms with Gasteiger partial charge in [-0.1, -0.05) is 28.1 Å². The van der Waals surface area contributed by atoms with E-state index in [1.54, 1.807) is 7.11 Å². The van der Waals surface area contributed by atoms with E-state index in [0.717, 1.165) is 19.4 Å². The number of fused-ring (bicyclic) bond motifs is 2. The second-order valence-electron chi connectivity index (χ2n) is 7.22. The number of aryl methyl sites for hydroxylation is 1. The fourth-order valence-corrected chi connectivity index (χ4v) is 5.37. The molecule has 0 N–H and O–H groups in total. The van der Waals surface area contributed by atoms with Gasteiger partial charge in [-0.2, -0.15) is 0 Å². The first-order valence-corrected chi connectivity index (χ1v) is 9.55. The highest BCUT2D eigenvalue weighted by Gasteiger charge is 2.52. The quantitative estimate of drug-likeness (QED) is 0.755. The van der Waals surface area contributed by atoms with Crippen LogP contribution >= 0.6 is 15.9 Å². The maximum Gasteiger partial charge on any atom is 0.147 e. The van der Waals surface area contributed by atoms with Gasteiger partial charge in [0.25, 0.3) is 0 Å². The lowest BCUT2D eigenvalue weighted by Gasteiger charge is -2.52. The van der Waals surface area contributed by atoms with Crippen molar-refractivity contribution in [1.29, 1.82) is 0 Å². The van der Waals surface area contributed by atoms with Crippen LogP contribution in [-0.2, 0) is 28.6 Å². The molecule has 0 radical (unpaired) electrons. The molecule has 2 aliphatic rings. The molecule has 1 saturated heterocycles. The van der Waals surface area contributed by atoms with Gasteiger partial charge in [-0.05, 0) is 37.1 Å². The Bertz CT molecular complexity index is 815. The maximum atomic E-state index is 12.4. The van der Waals surface area contributed by atoms with Crippen molar-refractivity contribution in [3.05, 3.63) is 35.5 Å². The molecule has 128 valence electrons. The number of hydrogen-bond donors (Lipinski definition) is 0. The summed E-state index contributed by atoms with van der Waals surface area (Å²) in [5.41, 5.74) is 3.46. The summed E-state index contributed by atoms with van der Waals surface area (Å²) in [6.07, 6.45) is 3.97. The minimum absolute atomic E-state index is 0.00564. The highest BCUT2D eigenvalue weighted by molar-refractivity contribution is 9.09. The third-order valence-corrected chi connectivity index (χ3v) is 6.59. The molecule has 1 aliphatic carbocycles. The zero-order valence-electron chi connectivity index (χ0n) is 14.4. The SMILES string of the molecule is COC12CC(C(=O)CBr)CN(C)[C@@H]1Cc1cn(C)c3cccc2c13. The Hall–Kier alpha value is -1.17. The number of carbonyl (C=O) groups is 1. The molecule has 0 spiro atoms. The van der Waals surface area contributed by atoms with Gasteiger partial charge in [0.15, 0.2) is 0 Å². The number of aromatic nitrogens is 1. The third kappa shape index (κ3) is 2.07. The lowest BCUT2D eigenvalue weighted by molar-refractivity contribution is -0.143. The van der Waals surface area contributed by atoms with E-state index in [-0.39, 0.29) is 17.7 Å². The molecule has 4 rings (SSSR count). The van der Waals surface area contributed by atoms with Crippen molar-refractivity contribution in [2.24, 2.45) is 13.0 Å². The topological polar surface area (TPSA) is 34.5 Å². The molecule has 1 aromatic heterocycles. The average molecular weight is 391 g/mol. The van der Waals surface area contributed by atoms with Crippen molar-refractivity contribution < 1.29 is 9.53 Å². The molecule has 2 heterocycles. The van der Waals surface area contributed by atoms with Crippen molar-refractivity contribution in [3.63, 3.8) is 0 Å². The molecule has 2 aromatic rings. The van der Waals surface area contributed by atoms with Gasteiger partial charge < -0.3 is 9.30 Å². The summed E-state index contributed by atoms with van der Waals surface area (Å²) in [5.74, 6) is 0.272. The largest absolute Gasteiger partial charge is 0.372 e. The van der Waals surface area contributed by atoms with Crippen molar-refractivity contribution in [2.45, 2.75) is 24.5 Å². The van der Waals surface area contributed by atoms with Gasteiger partial charge >= 0.3 is 0 Å². The third-order valence-electron chi connectivity index (χ3n) is 6.04. The predicted molar refractivity (Wildman–Crippen MR) is 98.6 cm³/mol. The van der Waals surface area contributed by atoms with E-state index in [1.165, 1.54) is 22.0 Å². The van der Waals surface area contributed by atoms with Crippen LogP contribution in [0.3, 0.4) is 0 Å². The van der Waals surface area contributed by atoms with Crippen LogP contribution in [0.2, 0.25) is 0 Å². The molecule has 1 fully saturated rings. The average Bonchev–Trinajstić information content (AvgIpc) is 2.92. The van der Waals surface area contributed by atoms with Crippen molar-refractivity contribution in [3.8, 4) is 0 Å². The molecule has 3 atom stereocenters. The number of piperidine rings is 1. The number of carbonyl (C=O) groups excluding carboxylic acids is 1. The fraction of sp³-hybridized carbons (Fsp3) is 0.526. The Morgan fingerprint density at radius 1 is 1.42 bits per heavy atom. The predicted octanol–water partition coefficient (Wildman–Crippen LogP) is 2.86. The molecule has 1 aliphatic heterocycles. The van der Waals surface area contributed by atoms with Crippen LogP contribution < -0.4 is 0 Å². The van der Waals surface area contributed by atoms with E-state index in [4.69, 9.17) is 4.74 Å². The van der Waals surface area contributed by atoms with E-state index in [9.17, 15) is 4.79 Å². The molecule has 0 saturated carbocycles. The van der Waals surface area contributed by atoms with Gasteiger partial charge in [-0.25, -0.2) is 0 Å². The van der Waals surface area contributed by atoms with Crippen molar-refractivity contribution in [1.82, 2.24) is 9.47 Å². The standard InChI is InChI=1S/C19H23BrN2O2/c1-21-10-12-7-17-19(24-3,14-5-4-6-15(21)18(12)14)8-13(11-22(17)2)16(23)9-20/h4-6,10,13,17H,7-9,11H2,1-3H3/t13?,17-,19?/m1/s1. The van der Waals surface area contributed by atoms with Crippen molar-refractivity contribution >= 4 is 32.6 Å². The number of likely N-dealkylation sites (tertiary alicyclic amines) is 1. The Labute approximate surface area is 150 Å². The number of alkyl halides is 1. The number of benzene rings is 1. The van der Waals surface area contributed by atoms with Crippen LogP contribution in [0, 0.1) is 5.92 Å². The van der Waals surface area contributed by atoms with Crippen LogP contribution in [0.4, 0.5) is 0 Å². The van der Waals surface area contributed by atoms with E-state index in [2.05, 4.69) is 63.9 Å². The number of nitrogens with zero attached hydrogens (tertiary/aromatic N) is 2. The van der Waals surface area contributed by atoms with Crippen LogP contribution in [0.5, 0.6) is 0 Å². The first kappa shape index (κ1) is 16.3. The lowest BCUT2D eigenvalue weighted by atomic mass is 9.68. The van der Waals surface area contributed by atoms with Gasteiger partial charge in [0.2, 0.25) is 0 Å². The fourth-order valence-electron chi connectivity index (χ4n) is 4.92. The molecule has 0 amide bonds. The van der Waals surface area contributed by atoms with Crippen LogP contribution in [-0.4, -0.2) is 47.3 Å². The van der Waals surface area contributed by atoms with Gasteiger partial charge in [-0.15, -0.1) is 0 Å². The van der Waals surface area contributed by atoms with E-state index in [0.29, 0.717) is 5.33 Å². The van der Waals surface area contributed by atoms with Crippen LogP contribution in [0.1, 0.15) is 17.5 Å². The number of hydrogen-bond acceptors (Lipinski definition) is 3. The number of likely N-dealkylation sites (N-methyl/N-ethyl adjacent to an activating group) is 1. The molecule has 4 nitrogen and oxygen atoms in total. The van der Waals surface area contributed by atoms with Crippen LogP contribution in [0.25, 0.3) is 10.9 Å². The monoisotopic (exact) mass is 390 g/mol. The summed E-state index contributed by atoms with van der Waals surface area (Å²) in [5, 5.41) is 1.73. The lowest BCUT2D eigenvalue weighted by Crippen LogP contribution is -2.60. The first-order chi connectivity index (χ1) is 11.5. The number of ether oxygens (including phenoxy) is 1. The number of Topliss-reactive ketones (excluding diaryl/α,β-unsaturated/α-hetero) is 1. The van der Waals surface area contributed by atoms with Crippen LogP contribution in [0.15, 0.2) is 24.4 Å². The number of halogens is 1. The van der Waals surface area contributed by atoms with E-state index in [1.807, 2.05) is 0 Å². The Morgan fingerprint density at radius 2 is 2.21 bits per heavy atom. The summed E-state index contributed by atoms with van der Waals surface area (Å²) in [6.45, 7) is 0.804. The smallest absolute Gasteiger partial charge is 0.147 e. The van der Waals surface area contributed by atoms with Gasteiger partial charge in [0.1, 0.15) is 11.4 Å². The first-order valence-electron chi connectivity index (χ1n) is 8.43. The number of ketones is 1. The second-order valence-corrected chi connectivity index (χ2v) is 7.78. The molecule has 0 bridgehead atoms. The molecule has 1 aromatic carbocycles. The summed E-state index contributed by atoms with van der Waals surface area (Å²) < 4.78 is 8.42.